The van der Waals surface area contributed by atoms with Crippen LogP contribution in [0, 0.1) is 0 Å². The molecule has 0 aliphatic heterocycles. The average Bonchev–Trinajstić information content (AvgIpc) is 2.87. The molecule has 0 saturated heterocycles. The Morgan fingerprint density at radius 2 is 2.29 bits per heavy atom. The van der Waals surface area contributed by atoms with Crippen LogP contribution in [0.15, 0.2) is 34.9 Å². The molecule has 1 aromatic heterocycles. The fraction of sp³-hybridized carbons (Fsp3) is 0.333. The second kappa shape index (κ2) is 6.41. The smallest absolute Gasteiger partial charge is 0.374 e. The van der Waals surface area contributed by atoms with Gasteiger partial charge in [0.25, 0.3) is 0 Å². The summed E-state index contributed by atoms with van der Waals surface area (Å²) in [5.41, 5.74) is 7.63. The van der Waals surface area contributed by atoms with Gasteiger partial charge in [-0.05, 0) is 31.5 Å². The van der Waals surface area contributed by atoms with Gasteiger partial charge >= 0.3 is 5.97 Å². The number of imidazole rings is 1. The van der Waals surface area contributed by atoms with Gasteiger partial charge in [-0.15, -0.1) is 0 Å². The maximum Gasteiger partial charge on any atom is 0.374 e. The van der Waals surface area contributed by atoms with Crippen LogP contribution in [0.2, 0.25) is 0 Å². The third-order valence-corrected chi connectivity index (χ3v) is 3.63. The molecule has 2 rings (SSSR count). The van der Waals surface area contributed by atoms with Crippen LogP contribution in [-0.4, -0.2) is 22.5 Å². The van der Waals surface area contributed by atoms with Gasteiger partial charge in [-0.3, -0.25) is 0 Å². The zero-order valence-corrected chi connectivity index (χ0v) is 13.6. The van der Waals surface area contributed by atoms with Crippen LogP contribution in [0.25, 0.3) is 0 Å². The van der Waals surface area contributed by atoms with E-state index in [1.54, 1.807) is 13.1 Å². The Hall–Kier alpha value is -1.66. The predicted molar refractivity (Wildman–Crippen MR) is 83.9 cm³/mol. The highest BCUT2D eigenvalue weighted by atomic mass is 79.9. The summed E-state index contributed by atoms with van der Waals surface area (Å²) in [5.74, 6) is -0.248. The normalized spacial score (nSPS) is 13.7. The van der Waals surface area contributed by atoms with Crippen LogP contribution >= 0.6 is 15.9 Å². The summed E-state index contributed by atoms with van der Waals surface area (Å²) in [6.07, 6.45) is 2.16. The van der Waals surface area contributed by atoms with E-state index in [4.69, 9.17) is 10.5 Å². The third kappa shape index (κ3) is 3.92. The van der Waals surface area contributed by atoms with Crippen molar-refractivity contribution in [3.05, 3.63) is 52.0 Å². The number of benzene rings is 1. The predicted octanol–water partition coefficient (Wildman–Crippen LogP) is 2.77. The molecule has 3 N–H and O–H groups in total. The van der Waals surface area contributed by atoms with Crippen molar-refractivity contribution in [2.24, 2.45) is 5.73 Å². The van der Waals surface area contributed by atoms with E-state index in [-0.39, 0.29) is 5.82 Å². The number of esters is 1. The number of hydrogen-bond acceptors (Lipinski definition) is 4. The molecule has 112 valence electrons. The molecule has 0 aliphatic rings. The van der Waals surface area contributed by atoms with E-state index in [9.17, 15) is 4.79 Å². The topological polar surface area (TPSA) is 81.0 Å². The molecular weight excluding hydrogens is 334 g/mol. The number of H-pyrrole nitrogens is 1. The molecule has 0 saturated carbocycles. The molecule has 21 heavy (non-hydrogen) atoms. The van der Waals surface area contributed by atoms with Crippen molar-refractivity contribution in [3.8, 4) is 0 Å². The van der Waals surface area contributed by atoms with Gasteiger partial charge in [-0.25, -0.2) is 9.78 Å². The number of nitrogens with one attached hydrogen (secondary N) is 1. The molecular formula is C15H18BrN3O2. The SMILES string of the molecule is CCOC(=O)c1ncc(CC(C)(N)c2cccc(Br)c2)[nH]1. The van der Waals surface area contributed by atoms with Gasteiger partial charge in [0, 0.05) is 28.3 Å². The van der Waals surface area contributed by atoms with Gasteiger partial charge in [0.15, 0.2) is 0 Å². The Balaban J connectivity index is 2.15. The molecule has 1 unspecified atom stereocenters. The number of nitrogens with two attached hydrogens (primary N) is 1. The molecule has 1 heterocycles. The molecule has 1 aromatic carbocycles. The monoisotopic (exact) mass is 351 g/mol. The minimum atomic E-state index is -0.567. The summed E-state index contributed by atoms with van der Waals surface area (Å²) in [7, 11) is 0. The number of carbonyl (C=O) groups excluding carboxylic acids is 1. The maximum absolute atomic E-state index is 11.6. The fourth-order valence-electron chi connectivity index (χ4n) is 2.09. The lowest BCUT2D eigenvalue weighted by molar-refractivity contribution is 0.0513. The van der Waals surface area contributed by atoms with E-state index in [1.807, 2.05) is 31.2 Å². The molecule has 5 nitrogen and oxygen atoms in total. The first-order chi connectivity index (χ1) is 9.92. The number of rotatable bonds is 5. The molecule has 0 bridgehead atoms. The molecule has 0 amide bonds. The molecule has 2 aromatic rings. The van der Waals surface area contributed by atoms with Crippen LogP contribution < -0.4 is 5.73 Å². The number of carbonyl (C=O) groups is 1. The lowest BCUT2D eigenvalue weighted by Crippen LogP contribution is -2.35. The van der Waals surface area contributed by atoms with Crippen molar-refractivity contribution >= 4 is 21.9 Å². The van der Waals surface area contributed by atoms with Crippen LogP contribution in [0.1, 0.15) is 35.7 Å². The standard InChI is InChI=1S/C15H18BrN3O2/c1-3-21-14(20)13-18-9-12(19-13)8-15(2,17)10-5-4-6-11(16)7-10/h4-7,9H,3,8,17H2,1-2H3,(H,18,19). The zero-order valence-electron chi connectivity index (χ0n) is 12.0. The van der Waals surface area contributed by atoms with Gasteiger partial charge < -0.3 is 15.5 Å². The summed E-state index contributed by atoms with van der Waals surface area (Å²) in [5, 5.41) is 0. The number of hydrogen-bond donors (Lipinski definition) is 2. The van der Waals surface area contributed by atoms with E-state index in [1.165, 1.54) is 0 Å². The van der Waals surface area contributed by atoms with E-state index < -0.39 is 11.5 Å². The molecule has 0 fully saturated rings. The lowest BCUT2D eigenvalue weighted by Gasteiger charge is -2.24. The largest absolute Gasteiger partial charge is 0.460 e. The van der Waals surface area contributed by atoms with Gasteiger partial charge in [0.1, 0.15) is 0 Å². The van der Waals surface area contributed by atoms with Crippen molar-refractivity contribution in [2.45, 2.75) is 25.8 Å². The van der Waals surface area contributed by atoms with Crippen molar-refractivity contribution in [2.75, 3.05) is 6.61 Å². The number of halogens is 1. The number of aromatic nitrogens is 2. The second-order valence-electron chi connectivity index (χ2n) is 5.08. The lowest BCUT2D eigenvalue weighted by atomic mass is 9.89. The molecule has 0 aliphatic carbocycles. The quantitative estimate of drug-likeness (QED) is 0.811. The number of ether oxygens (including phenoxy) is 1. The molecule has 1 atom stereocenters. The van der Waals surface area contributed by atoms with Gasteiger partial charge in [-0.1, -0.05) is 28.1 Å². The molecule has 6 heteroatoms. The summed E-state index contributed by atoms with van der Waals surface area (Å²) >= 11 is 3.44. The summed E-state index contributed by atoms with van der Waals surface area (Å²) in [6.45, 7) is 4.02. The highest BCUT2D eigenvalue weighted by Crippen LogP contribution is 2.24. The maximum atomic E-state index is 11.6. The fourth-order valence-corrected chi connectivity index (χ4v) is 2.49. The Kier molecular flexibility index (Phi) is 4.80. The highest BCUT2D eigenvalue weighted by molar-refractivity contribution is 9.10. The highest BCUT2D eigenvalue weighted by Gasteiger charge is 2.23. The minimum absolute atomic E-state index is 0.205. The van der Waals surface area contributed by atoms with Gasteiger partial charge in [0.2, 0.25) is 5.82 Å². The molecule has 0 radical (unpaired) electrons. The third-order valence-electron chi connectivity index (χ3n) is 3.14. The van der Waals surface area contributed by atoms with Crippen LogP contribution in [0.4, 0.5) is 0 Å². The van der Waals surface area contributed by atoms with Crippen molar-refractivity contribution in [1.29, 1.82) is 0 Å². The Labute approximate surface area is 132 Å². The van der Waals surface area contributed by atoms with Crippen molar-refractivity contribution in [3.63, 3.8) is 0 Å². The summed E-state index contributed by atoms with van der Waals surface area (Å²) in [4.78, 5) is 18.6. The van der Waals surface area contributed by atoms with Crippen LogP contribution in [-0.2, 0) is 16.7 Å². The average molecular weight is 352 g/mol. The van der Waals surface area contributed by atoms with Crippen molar-refractivity contribution in [1.82, 2.24) is 9.97 Å². The first-order valence-corrected chi connectivity index (χ1v) is 7.47. The van der Waals surface area contributed by atoms with E-state index >= 15 is 0 Å². The van der Waals surface area contributed by atoms with Crippen LogP contribution in [0.3, 0.4) is 0 Å². The summed E-state index contributed by atoms with van der Waals surface area (Å²) < 4.78 is 5.88. The van der Waals surface area contributed by atoms with E-state index in [0.717, 1.165) is 15.7 Å². The second-order valence-corrected chi connectivity index (χ2v) is 6.00. The summed E-state index contributed by atoms with van der Waals surface area (Å²) in [6, 6.07) is 7.87. The Bertz CT molecular complexity index is 637. The number of nitrogens with zero attached hydrogens (tertiary/aromatic N) is 1. The van der Waals surface area contributed by atoms with E-state index in [2.05, 4.69) is 25.9 Å². The molecule has 0 spiro atoms. The zero-order chi connectivity index (χ0) is 15.5. The number of aromatic amines is 1. The van der Waals surface area contributed by atoms with Gasteiger partial charge in [0.05, 0.1) is 6.61 Å². The first kappa shape index (κ1) is 15.7. The van der Waals surface area contributed by atoms with E-state index in [0.29, 0.717) is 13.0 Å². The van der Waals surface area contributed by atoms with Gasteiger partial charge in [-0.2, -0.15) is 0 Å². The Morgan fingerprint density at radius 3 is 2.95 bits per heavy atom. The Morgan fingerprint density at radius 1 is 1.52 bits per heavy atom. The van der Waals surface area contributed by atoms with Crippen molar-refractivity contribution < 1.29 is 9.53 Å². The first-order valence-electron chi connectivity index (χ1n) is 6.68. The minimum Gasteiger partial charge on any atom is -0.460 e. The van der Waals surface area contributed by atoms with Crippen LogP contribution in [0.5, 0.6) is 0 Å².